The Morgan fingerprint density at radius 2 is 1.44 bits per heavy atom. The van der Waals surface area contributed by atoms with E-state index in [9.17, 15) is 29.1 Å². The maximum Gasteiger partial charge on any atom is 0.408 e. The van der Waals surface area contributed by atoms with Gasteiger partial charge in [0.15, 0.2) is 6.29 Å². The second kappa shape index (κ2) is 20.2. The molecule has 54 heavy (non-hydrogen) atoms. The monoisotopic (exact) mass is 778 g/mol. The Morgan fingerprint density at radius 1 is 0.870 bits per heavy atom. The van der Waals surface area contributed by atoms with Gasteiger partial charge in [-0.3, -0.25) is 14.4 Å². The number of phenols is 1. The van der Waals surface area contributed by atoms with E-state index in [1.54, 1.807) is 26.0 Å². The van der Waals surface area contributed by atoms with Crippen molar-refractivity contribution in [3.05, 3.63) is 29.8 Å². The smallest absolute Gasteiger partial charge is 0.408 e. The molecular weight excluding hydrogens is 721 g/mol. The number of alkyl carbamates (subject to hydrolysis) is 2. The summed E-state index contributed by atoms with van der Waals surface area (Å²) in [4.78, 5) is 62.4. The molecule has 1 aromatic rings. The summed E-state index contributed by atoms with van der Waals surface area (Å²) in [7, 11) is 0. The van der Waals surface area contributed by atoms with Crippen molar-refractivity contribution < 1.29 is 52.8 Å². The number of benzene rings is 1. The number of hydrogen-bond donors (Lipinski definition) is 5. The zero-order chi connectivity index (χ0) is 39.3. The molecule has 4 aliphatic carbocycles. The van der Waals surface area contributed by atoms with Gasteiger partial charge >= 0.3 is 18.2 Å². The molecule has 16 heteroatoms. The molecule has 5 rings (SSSR count). The standard InChI is InChI=1S/C38H58N4O11S/c1-6-28(29-8-10-31(44)11-9-29)21-37(5,33(45)53-38-19-26-16-27(20-38)18-30(17-26)32(38)7-2)54-36(48)42-23-41-35(47)52-15-13-50-25(4)49-12-14-51-34(46)40-22-39-24(3)43/h8-11,25-28,30,32,44H,6-7,12-23H2,1-5H3,(H,39,43)(H,40,46)(H,41,47)(H,42,48). The molecule has 0 aromatic heterocycles. The molecule has 6 atom stereocenters. The molecule has 4 saturated carbocycles. The van der Waals surface area contributed by atoms with Gasteiger partial charge in [-0.2, -0.15) is 0 Å². The first-order valence-electron chi connectivity index (χ1n) is 19.0. The molecule has 0 spiro atoms. The lowest BCUT2D eigenvalue weighted by molar-refractivity contribution is -0.211. The minimum absolute atomic E-state index is 0.0254. The fourth-order valence-electron chi connectivity index (χ4n) is 8.63. The third-order valence-corrected chi connectivity index (χ3v) is 11.9. The number of nitrogens with one attached hydrogen (secondary N) is 4. The van der Waals surface area contributed by atoms with Gasteiger partial charge in [0, 0.05) is 12.8 Å². The van der Waals surface area contributed by atoms with Crippen LogP contribution in [0.15, 0.2) is 24.3 Å². The minimum Gasteiger partial charge on any atom is -0.508 e. The Labute approximate surface area is 322 Å². The van der Waals surface area contributed by atoms with E-state index >= 15 is 0 Å². The van der Waals surface area contributed by atoms with E-state index in [2.05, 4.69) is 28.2 Å². The number of carbonyl (C=O) groups is 5. The highest BCUT2D eigenvalue weighted by molar-refractivity contribution is 8.15. The second-order valence-electron chi connectivity index (χ2n) is 14.8. The van der Waals surface area contributed by atoms with Gasteiger partial charge < -0.3 is 50.1 Å². The van der Waals surface area contributed by atoms with E-state index in [0.29, 0.717) is 36.5 Å². The first-order valence-corrected chi connectivity index (χ1v) is 19.9. The van der Waals surface area contributed by atoms with Crippen molar-refractivity contribution in [2.75, 3.05) is 39.8 Å². The van der Waals surface area contributed by atoms with Crippen molar-refractivity contribution in [1.29, 1.82) is 0 Å². The van der Waals surface area contributed by atoms with E-state index in [1.165, 1.54) is 26.2 Å². The summed E-state index contributed by atoms with van der Waals surface area (Å²) in [6.45, 7) is 8.63. The fourth-order valence-corrected chi connectivity index (χ4v) is 9.59. The number of phenolic OH excluding ortho intramolecular Hbond substituents is 1. The van der Waals surface area contributed by atoms with Gasteiger partial charge in [0.05, 0.1) is 26.6 Å². The summed E-state index contributed by atoms with van der Waals surface area (Å²) >= 11 is 0.878. The molecule has 4 amide bonds. The predicted molar refractivity (Wildman–Crippen MR) is 200 cm³/mol. The number of amides is 4. The van der Waals surface area contributed by atoms with E-state index < -0.39 is 34.1 Å². The Bertz CT molecular complexity index is 1420. The highest BCUT2D eigenvalue weighted by atomic mass is 32.2. The molecule has 15 nitrogen and oxygen atoms in total. The first-order chi connectivity index (χ1) is 25.8. The second-order valence-corrected chi connectivity index (χ2v) is 16.3. The van der Waals surface area contributed by atoms with Crippen LogP contribution in [-0.4, -0.2) is 90.8 Å². The number of ether oxygens (including phenoxy) is 5. The van der Waals surface area contributed by atoms with Gasteiger partial charge in [-0.15, -0.1) is 0 Å². The van der Waals surface area contributed by atoms with Crippen molar-refractivity contribution in [2.45, 2.75) is 109 Å². The largest absolute Gasteiger partial charge is 0.508 e. The number of rotatable bonds is 20. The number of esters is 1. The van der Waals surface area contributed by atoms with Crippen molar-refractivity contribution in [3.63, 3.8) is 0 Å². The molecule has 1 aromatic carbocycles. The fraction of sp³-hybridized carbons (Fsp3) is 0.711. The number of hydrogen-bond acceptors (Lipinski definition) is 12. The molecule has 4 aliphatic rings. The zero-order valence-corrected chi connectivity index (χ0v) is 32.9. The van der Waals surface area contributed by atoms with E-state index in [4.69, 9.17) is 23.7 Å². The summed E-state index contributed by atoms with van der Waals surface area (Å²) in [5.41, 5.74) is 0.460. The van der Waals surface area contributed by atoms with Crippen LogP contribution in [0.3, 0.4) is 0 Å². The molecule has 0 radical (unpaired) electrons. The highest BCUT2D eigenvalue weighted by Gasteiger charge is 2.59. The van der Waals surface area contributed by atoms with E-state index in [-0.39, 0.29) is 63.3 Å². The molecule has 6 unspecified atom stereocenters. The van der Waals surface area contributed by atoms with Crippen LogP contribution in [-0.2, 0) is 33.3 Å². The lowest BCUT2D eigenvalue weighted by Gasteiger charge is -2.60. The van der Waals surface area contributed by atoms with Gasteiger partial charge in [-0.05, 0) is 118 Å². The van der Waals surface area contributed by atoms with Crippen LogP contribution >= 0.6 is 11.8 Å². The Morgan fingerprint density at radius 3 is 1.98 bits per heavy atom. The third-order valence-electron chi connectivity index (χ3n) is 10.8. The van der Waals surface area contributed by atoms with Crippen molar-refractivity contribution in [3.8, 4) is 5.75 Å². The van der Waals surface area contributed by atoms with Crippen LogP contribution in [0.4, 0.5) is 14.4 Å². The SMILES string of the molecule is CCC(CC(C)(SC(=O)NCNC(=O)OCCOC(C)OCCOC(=O)NCNC(C)=O)C(=O)OC12CC3CC(CC(C3)C1CC)C2)c1ccc(O)cc1. The Kier molecular flexibility index (Phi) is 16.1. The molecule has 5 N–H and O–H groups in total. The number of thioether (sulfide) groups is 1. The highest BCUT2D eigenvalue weighted by Crippen LogP contribution is 2.61. The topological polar surface area (TPSA) is 200 Å². The van der Waals surface area contributed by atoms with Crippen molar-refractivity contribution in [1.82, 2.24) is 21.3 Å². The van der Waals surface area contributed by atoms with Crippen molar-refractivity contribution in [2.24, 2.45) is 23.7 Å². The summed E-state index contributed by atoms with van der Waals surface area (Å²) in [5, 5.41) is 19.3. The molecule has 0 saturated heterocycles. The molecule has 0 heterocycles. The van der Waals surface area contributed by atoms with Crippen LogP contribution in [0.2, 0.25) is 0 Å². The molecule has 0 aliphatic heterocycles. The van der Waals surface area contributed by atoms with Crippen LogP contribution < -0.4 is 21.3 Å². The molecule has 4 bridgehead atoms. The van der Waals surface area contributed by atoms with Crippen LogP contribution in [0.1, 0.15) is 97.5 Å². The lowest BCUT2D eigenvalue weighted by atomic mass is 9.49. The average Bonchev–Trinajstić information content (AvgIpc) is 3.10. The Hall–Kier alpha value is -3.76. The lowest BCUT2D eigenvalue weighted by Crippen LogP contribution is -2.60. The summed E-state index contributed by atoms with van der Waals surface area (Å²) < 4.78 is 26.3. The van der Waals surface area contributed by atoms with Gasteiger partial charge in [0.25, 0.3) is 5.24 Å². The molecular formula is C38H58N4O11S. The quantitative estimate of drug-likeness (QED) is 0.0482. The third kappa shape index (κ3) is 12.4. The van der Waals surface area contributed by atoms with E-state index in [1.807, 2.05) is 19.1 Å². The minimum atomic E-state index is -1.23. The van der Waals surface area contributed by atoms with Gasteiger partial charge in [0.1, 0.15) is 29.3 Å². The average molecular weight is 779 g/mol. The van der Waals surface area contributed by atoms with Crippen LogP contribution in [0.5, 0.6) is 5.75 Å². The van der Waals surface area contributed by atoms with Crippen molar-refractivity contribution >= 4 is 41.1 Å². The Balaban J connectivity index is 1.23. The summed E-state index contributed by atoms with van der Waals surface area (Å²) in [5.74, 6) is 1.44. The van der Waals surface area contributed by atoms with Gasteiger partial charge in [-0.25, -0.2) is 9.59 Å². The van der Waals surface area contributed by atoms with Crippen LogP contribution in [0, 0.1) is 23.7 Å². The number of aromatic hydroxyl groups is 1. The predicted octanol–water partition coefficient (Wildman–Crippen LogP) is 5.51. The normalized spacial score (nSPS) is 24.7. The first kappa shape index (κ1) is 43.0. The molecule has 302 valence electrons. The maximum absolute atomic E-state index is 14.4. The van der Waals surface area contributed by atoms with E-state index in [0.717, 1.165) is 36.6 Å². The number of carbonyl (C=O) groups excluding carboxylic acids is 5. The van der Waals surface area contributed by atoms with Gasteiger partial charge in [0.2, 0.25) is 5.91 Å². The van der Waals surface area contributed by atoms with Gasteiger partial charge in [-0.1, -0.05) is 26.0 Å². The van der Waals surface area contributed by atoms with Crippen LogP contribution in [0.25, 0.3) is 0 Å². The summed E-state index contributed by atoms with van der Waals surface area (Å²) in [6, 6.07) is 6.94. The molecule has 4 fully saturated rings. The zero-order valence-electron chi connectivity index (χ0n) is 32.1. The summed E-state index contributed by atoms with van der Waals surface area (Å²) in [6.07, 6.45) is 5.24. The maximum atomic E-state index is 14.4.